The molecular weight excluding hydrogens is 424 g/mol. The van der Waals surface area contributed by atoms with Crippen molar-refractivity contribution in [3.8, 4) is 17.0 Å². The first-order chi connectivity index (χ1) is 14.9. The number of aromatic nitrogens is 2. The van der Waals surface area contributed by atoms with Crippen LogP contribution >= 0.6 is 13.5 Å². The van der Waals surface area contributed by atoms with Crippen LogP contribution in [0.4, 0.5) is 5.82 Å². The van der Waals surface area contributed by atoms with E-state index < -0.39 is 0 Å². The average molecular weight is 453 g/mol. The molecule has 7 nitrogen and oxygen atoms in total. The summed E-state index contributed by atoms with van der Waals surface area (Å²) in [6.07, 6.45) is 1.51. The summed E-state index contributed by atoms with van der Waals surface area (Å²) in [5.74, 6) is 1.37. The average Bonchev–Trinajstić information content (AvgIpc) is 2.81. The van der Waals surface area contributed by atoms with Crippen LogP contribution in [0, 0.1) is 0 Å². The van der Waals surface area contributed by atoms with Gasteiger partial charge in [-0.3, -0.25) is 9.59 Å². The van der Waals surface area contributed by atoms with E-state index in [1.807, 2.05) is 24.3 Å². The molecule has 0 saturated carbocycles. The number of ketones is 1. The Morgan fingerprint density at radius 3 is 2.34 bits per heavy atom. The van der Waals surface area contributed by atoms with Gasteiger partial charge in [0.15, 0.2) is 5.78 Å². The van der Waals surface area contributed by atoms with Gasteiger partial charge in [0.05, 0.1) is 12.8 Å². The van der Waals surface area contributed by atoms with Crippen molar-refractivity contribution in [2.45, 2.75) is 19.8 Å². The summed E-state index contributed by atoms with van der Waals surface area (Å²) in [6.45, 7) is 4.24. The quantitative estimate of drug-likeness (QED) is 0.501. The number of hydrogen-bond donors (Lipinski definition) is 2. The molecule has 1 atom stereocenters. The smallest absolute Gasteiger partial charge is 0.251 e. The molecule has 0 aliphatic rings. The molecule has 0 unspecified atom stereocenters. The van der Waals surface area contributed by atoms with E-state index >= 15 is 0 Å². The minimum Gasteiger partial charge on any atom is -0.496 e. The number of carbonyl (C=O) groups is 2. The Morgan fingerprint density at radius 2 is 1.72 bits per heavy atom. The molecule has 0 spiro atoms. The second-order valence-electron chi connectivity index (χ2n) is 7.24. The van der Waals surface area contributed by atoms with Crippen molar-refractivity contribution >= 4 is 31.0 Å². The monoisotopic (exact) mass is 452 g/mol. The zero-order chi connectivity index (χ0) is 22.4. The van der Waals surface area contributed by atoms with E-state index in [9.17, 15) is 9.59 Å². The molecule has 0 fully saturated rings. The fourth-order valence-electron chi connectivity index (χ4n) is 3.26. The standard InChI is InChI=1S/C24H26N4O3.H2S/c1-15(20-10-9-19(24(30)25-3)11-22(20)31-4)13-26-23-12-21(27-14-28-23)18-7-5-17(6-8-18)16(2)29;/h5-12,14-15H,13H2,1-4H3,(H,25,30)(H,26,27,28);1H2/t15-;/m1./s1. The first-order valence-corrected chi connectivity index (χ1v) is 10.00. The van der Waals surface area contributed by atoms with Crippen LogP contribution in [0.25, 0.3) is 11.3 Å². The molecule has 2 N–H and O–H groups in total. The molecular formula is C24H28N4O3S. The highest BCUT2D eigenvalue weighted by molar-refractivity contribution is 7.59. The molecule has 1 amide bonds. The molecule has 0 bridgehead atoms. The lowest BCUT2D eigenvalue weighted by Crippen LogP contribution is -2.18. The number of carbonyl (C=O) groups excluding carboxylic acids is 2. The minimum absolute atomic E-state index is 0. The van der Waals surface area contributed by atoms with Crippen molar-refractivity contribution in [1.82, 2.24) is 15.3 Å². The number of anilines is 1. The van der Waals surface area contributed by atoms with E-state index in [1.165, 1.54) is 6.33 Å². The number of ether oxygens (including phenoxy) is 1. The van der Waals surface area contributed by atoms with Gasteiger partial charge in [0.1, 0.15) is 17.9 Å². The second-order valence-corrected chi connectivity index (χ2v) is 7.24. The third kappa shape index (κ3) is 5.85. The Hall–Kier alpha value is -3.39. The van der Waals surface area contributed by atoms with Crippen molar-refractivity contribution in [1.29, 1.82) is 0 Å². The number of Topliss-reactive ketones (excluding diaryl/α,β-unsaturated/α-hetero) is 1. The molecule has 0 aliphatic heterocycles. The van der Waals surface area contributed by atoms with Crippen molar-refractivity contribution in [2.75, 3.05) is 26.0 Å². The van der Waals surface area contributed by atoms with Crippen LogP contribution in [0.15, 0.2) is 54.9 Å². The van der Waals surface area contributed by atoms with Gasteiger partial charge in [-0.05, 0) is 24.6 Å². The highest BCUT2D eigenvalue weighted by Gasteiger charge is 2.15. The Bertz CT molecular complexity index is 1090. The minimum atomic E-state index is -0.152. The van der Waals surface area contributed by atoms with Crippen molar-refractivity contribution in [2.24, 2.45) is 0 Å². The molecule has 32 heavy (non-hydrogen) atoms. The molecule has 168 valence electrons. The Balaban J connectivity index is 0.00000363. The van der Waals surface area contributed by atoms with Gasteiger partial charge in [-0.15, -0.1) is 0 Å². The normalized spacial score (nSPS) is 11.1. The zero-order valence-corrected chi connectivity index (χ0v) is 19.6. The predicted molar refractivity (Wildman–Crippen MR) is 131 cm³/mol. The number of rotatable bonds is 8. The van der Waals surface area contributed by atoms with Crippen LogP contribution in [0.1, 0.15) is 46.0 Å². The number of nitrogens with zero attached hydrogens (tertiary/aromatic N) is 2. The van der Waals surface area contributed by atoms with Crippen LogP contribution in [0.2, 0.25) is 0 Å². The summed E-state index contributed by atoms with van der Waals surface area (Å²) in [5.41, 5.74) is 3.90. The van der Waals surface area contributed by atoms with E-state index in [-0.39, 0.29) is 31.1 Å². The summed E-state index contributed by atoms with van der Waals surface area (Å²) in [5, 5.41) is 5.96. The molecule has 0 saturated heterocycles. The molecule has 3 rings (SSSR count). The van der Waals surface area contributed by atoms with Crippen LogP contribution in [-0.2, 0) is 0 Å². The van der Waals surface area contributed by atoms with E-state index in [1.54, 1.807) is 45.3 Å². The lowest BCUT2D eigenvalue weighted by atomic mass is 9.98. The van der Waals surface area contributed by atoms with Gasteiger partial charge in [0.2, 0.25) is 0 Å². The Labute approximate surface area is 195 Å². The van der Waals surface area contributed by atoms with E-state index in [4.69, 9.17) is 4.74 Å². The Morgan fingerprint density at radius 1 is 1.03 bits per heavy atom. The summed E-state index contributed by atoms with van der Waals surface area (Å²) in [7, 11) is 3.20. The van der Waals surface area contributed by atoms with Crippen LogP contribution in [0.5, 0.6) is 5.75 Å². The van der Waals surface area contributed by atoms with Gasteiger partial charge < -0.3 is 15.4 Å². The number of methoxy groups -OCH3 is 1. The predicted octanol–water partition coefficient (Wildman–Crippen LogP) is 4.04. The van der Waals surface area contributed by atoms with Gasteiger partial charge in [0.25, 0.3) is 5.91 Å². The maximum Gasteiger partial charge on any atom is 0.251 e. The summed E-state index contributed by atoms with van der Waals surface area (Å²) < 4.78 is 5.50. The van der Waals surface area contributed by atoms with Gasteiger partial charge in [-0.25, -0.2) is 9.97 Å². The highest BCUT2D eigenvalue weighted by Crippen LogP contribution is 2.28. The van der Waals surface area contributed by atoms with Crippen molar-refractivity contribution in [3.63, 3.8) is 0 Å². The molecule has 3 aromatic rings. The van der Waals surface area contributed by atoms with E-state index in [0.717, 1.165) is 16.8 Å². The maximum absolute atomic E-state index is 11.9. The molecule has 1 heterocycles. The summed E-state index contributed by atoms with van der Waals surface area (Å²) in [6, 6.07) is 14.7. The topological polar surface area (TPSA) is 93.2 Å². The van der Waals surface area contributed by atoms with Crippen LogP contribution < -0.4 is 15.4 Å². The number of hydrogen-bond acceptors (Lipinski definition) is 6. The van der Waals surface area contributed by atoms with Gasteiger partial charge >= 0.3 is 0 Å². The zero-order valence-electron chi connectivity index (χ0n) is 18.6. The number of amides is 1. The maximum atomic E-state index is 11.9. The lowest BCUT2D eigenvalue weighted by molar-refractivity contribution is 0.0961. The molecule has 0 aliphatic carbocycles. The van der Waals surface area contributed by atoms with Crippen LogP contribution in [-0.4, -0.2) is 42.4 Å². The lowest BCUT2D eigenvalue weighted by Gasteiger charge is -2.17. The van der Waals surface area contributed by atoms with E-state index in [0.29, 0.717) is 29.2 Å². The SMILES string of the molecule is CNC(=O)c1ccc([C@H](C)CNc2cc(-c3ccc(C(C)=O)cc3)ncn2)c(OC)c1.S. The van der Waals surface area contributed by atoms with Crippen molar-refractivity contribution < 1.29 is 14.3 Å². The first-order valence-electron chi connectivity index (χ1n) is 10.00. The first kappa shape index (κ1) is 24.9. The highest BCUT2D eigenvalue weighted by atomic mass is 32.1. The largest absolute Gasteiger partial charge is 0.496 e. The third-order valence-corrected chi connectivity index (χ3v) is 5.10. The molecule has 1 aromatic heterocycles. The van der Waals surface area contributed by atoms with Gasteiger partial charge in [-0.2, -0.15) is 13.5 Å². The number of nitrogens with one attached hydrogen (secondary N) is 2. The summed E-state index contributed by atoms with van der Waals surface area (Å²) >= 11 is 0. The van der Waals surface area contributed by atoms with Crippen molar-refractivity contribution in [3.05, 3.63) is 71.5 Å². The molecule has 0 radical (unpaired) electrons. The van der Waals surface area contributed by atoms with Crippen LogP contribution in [0.3, 0.4) is 0 Å². The summed E-state index contributed by atoms with van der Waals surface area (Å²) in [4.78, 5) is 32.0. The fraction of sp³-hybridized carbons (Fsp3) is 0.250. The van der Waals surface area contributed by atoms with Gasteiger partial charge in [-0.1, -0.05) is 37.3 Å². The second kappa shape index (κ2) is 11.3. The third-order valence-electron chi connectivity index (χ3n) is 5.10. The Kier molecular flexibility index (Phi) is 8.78. The molecule has 8 heteroatoms. The number of benzene rings is 2. The molecule has 2 aromatic carbocycles. The van der Waals surface area contributed by atoms with Gasteiger partial charge in [0, 0.05) is 42.3 Å². The fourth-order valence-corrected chi connectivity index (χ4v) is 3.26. The van der Waals surface area contributed by atoms with E-state index in [2.05, 4.69) is 27.5 Å².